The Morgan fingerprint density at radius 1 is 1.15 bits per heavy atom. The van der Waals surface area contributed by atoms with Gasteiger partial charge in [0.1, 0.15) is 5.82 Å². The number of Topliss-reactive ketones (excluding diaryl/α,β-unsaturated/α-hetero) is 1. The van der Waals surface area contributed by atoms with Gasteiger partial charge >= 0.3 is 0 Å². The van der Waals surface area contributed by atoms with Crippen LogP contribution in [0.1, 0.15) is 40.2 Å². The van der Waals surface area contributed by atoms with Gasteiger partial charge in [0.15, 0.2) is 5.78 Å². The van der Waals surface area contributed by atoms with E-state index in [1.54, 1.807) is 6.07 Å². The van der Waals surface area contributed by atoms with Gasteiger partial charge in [0, 0.05) is 5.92 Å². The Bertz CT molecular complexity index is 646. The van der Waals surface area contributed by atoms with Crippen molar-refractivity contribution in [1.29, 1.82) is 0 Å². The second kappa shape index (κ2) is 5.37. The molecular weight excluding hydrogens is 275 g/mol. The smallest absolute Gasteiger partial charge is 0.174 e. The SMILES string of the molecule is O=C(c1c(F)cccc1Cl)C1CCCc2ccccc21. The molecule has 0 fully saturated rings. The molecule has 0 bridgehead atoms. The van der Waals surface area contributed by atoms with Gasteiger partial charge in [0.25, 0.3) is 0 Å². The quantitative estimate of drug-likeness (QED) is 0.727. The molecule has 1 atom stereocenters. The van der Waals surface area contributed by atoms with E-state index in [9.17, 15) is 9.18 Å². The van der Waals surface area contributed by atoms with Crippen molar-refractivity contribution in [1.82, 2.24) is 0 Å². The Morgan fingerprint density at radius 3 is 2.75 bits per heavy atom. The summed E-state index contributed by atoms with van der Waals surface area (Å²) in [7, 11) is 0. The molecule has 1 nitrogen and oxygen atoms in total. The van der Waals surface area contributed by atoms with Gasteiger partial charge in [-0.05, 0) is 42.5 Å². The third-order valence-corrected chi connectivity index (χ3v) is 4.21. The van der Waals surface area contributed by atoms with Crippen molar-refractivity contribution in [3.8, 4) is 0 Å². The lowest BCUT2D eigenvalue weighted by Gasteiger charge is -2.24. The first-order valence-corrected chi connectivity index (χ1v) is 7.12. The van der Waals surface area contributed by atoms with Crippen LogP contribution in [0.4, 0.5) is 4.39 Å². The predicted molar refractivity (Wildman–Crippen MR) is 77.9 cm³/mol. The molecule has 2 aromatic carbocycles. The van der Waals surface area contributed by atoms with Crippen LogP contribution in [0.2, 0.25) is 5.02 Å². The minimum atomic E-state index is -0.537. The number of ketones is 1. The Balaban J connectivity index is 2.05. The summed E-state index contributed by atoms with van der Waals surface area (Å²) in [5.41, 5.74) is 2.23. The largest absolute Gasteiger partial charge is 0.293 e. The van der Waals surface area contributed by atoms with Crippen molar-refractivity contribution >= 4 is 17.4 Å². The number of aryl methyl sites for hydroxylation is 1. The van der Waals surface area contributed by atoms with Crippen LogP contribution >= 0.6 is 11.6 Å². The zero-order chi connectivity index (χ0) is 14.1. The van der Waals surface area contributed by atoms with E-state index in [1.165, 1.54) is 17.7 Å². The first kappa shape index (κ1) is 13.3. The van der Waals surface area contributed by atoms with Crippen LogP contribution in [0.25, 0.3) is 0 Å². The summed E-state index contributed by atoms with van der Waals surface area (Å²) in [6.45, 7) is 0. The monoisotopic (exact) mass is 288 g/mol. The first-order valence-electron chi connectivity index (χ1n) is 6.74. The first-order chi connectivity index (χ1) is 9.68. The van der Waals surface area contributed by atoms with E-state index in [-0.39, 0.29) is 22.3 Å². The highest BCUT2D eigenvalue weighted by Gasteiger charge is 2.29. The molecule has 1 aliphatic carbocycles. The van der Waals surface area contributed by atoms with Crippen LogP contribution in [-0.4, -0.2) is 5.78 Å². The molecule has 20 heavy (non-hydrogen) atoms. The lowest BCUT2D eigenvalue weighted by atomic mass is 9.79. The highest BCUT2D eigenvalue weighted by Crippen LogP contribution is 2.35. The summed E-state index contributed by atoms with van der Waals surface area (Å²) in [6.07, 6.45) is 2.67. The van der Waals surface area contributed by atoms with E-state index in [0.29, 0.717) is 0 Å². The molecule has 0 spiro atoms. The third-order valence-electron chi connectivity index (χ3n) is 3.90. The van der Waals surface area contributed by atoms with Crippen LogP contribution in [0.5, 0.6) is 0 Å². The fourth-order valence-corrected chi connectivity index (χ4v) is 3.19. The minimum Gasteiger partial charge on any atom is -0.293 e. The molecule has 0 aromatic heterocycles. The Labute approximate surface area is 122 Å². The average molecular weight is 289 g/mol. The normalized spacial score (nSPS) is 17.6. The summed E-state index contributed by atoms with van der Waals surface area (Å²) in [4.78, 5) is 12.7. The Morgan fingerprint density at radius 2 is 1.95 bits per heavy atom. The molecular formula is C17H14ClFO. The van der Waals surface area contributed by atoms with Gasteiger partial charge in [-0.25, -0.2) is 4.39 Å². The summed E-state index contributed by atoms with van der Waals surface area (Å²) < 4.78 is 13.9. The maximum Gasteiger partial charge on any atom is 0.174 e. The maximum atomic E-state index is 13.9. The second-order valence-corrected chi connectivity index (χ2v) is 5.51. The van der Waals surface area contributed by atoms with E-state index in [1.807, 2.05) is 24.3 Å². The van der Waals surface area contributed by atoms with Crippen molar-refractivity contribution in [3.63, 3.8) is 0 Å². The lowest BCUT2D eigenvalue weighted by Crippen LogP contribution is -2.20. The Kier molecular flexibility index (Phi) is 3.58. The predicted octanol–water partition coefficient (Wildman–Crippen LogP) is 4.78. The van der Waals surface area contributed by atoms with Gasteiger partial charge in [0.05, 0.1) is 10.6 Å². The standard InChI is InChI=1S/C17H14ClFO/c18-14-9-4-10-15(19)16(14)17(20)13-8-3-6-11-5-1-2-7-12(11)13/h1-2,4-5,7,9-10,13H,3,6,8H2. The zero-order valence-electron chi connectivity index (χ0n) is 10.9. The number of rotatable bonds is 2. The fourth-order valence-electron chi connectivity index (χ4n) is 2.93. The van der Waals surface area contributed by atoms with E-state index in [4.69, 9.17) is 11.6 Å². The van der Waals surface area contributed by atoms with Gasteiger partial charge in [0.2, 0.25) is 0 Å². The molecule has 0 amide bonds. The van der Waals surface area contributed by atoms with E-state index in [0.717, 1.165) is 24.8 Å². The summed E-state index contributed by atoms with van der Waals surface area (Å²) in [5.74, 6) is -1.03. The van der Waals surface area contributed by atoms with Crippen molar-refractivity contribution in [2.24, 2.45) is 0 Å². The van der Waals surface area contributed by atoms with Gasteiger partial charge in [-0.3, -0.25) is 4.79 Å². The molecule has 2 aromatic rings. The van der Waals surface area contributed by atoms with Crippen LogP contribution < -0.4 is 0 Å². The molecule has 0 aliphatic heterocycles. The number of carbonyl (C=O) groups is 1. The molecule has 1 aliphatic rings. The van der Waals surface area contributed by atoms with Crippen LogP contribution in [0.3, 0.4) is 0 Å². The van der Waals surface area contributed by atoms with Gasteiger partial charge in [-0.15, -0.1) is 0 Å². The molecule has 0 radical (unpaired) electrons. The topological polar surface area (TPSA) is 17.1 Å². The molecule has 3 heteroatoms. The third kappa shape index (κ3) is 2.25. The van der Waals surface area contributed by atoms with E-state index in [2.05, 4.69) is 0 Å². The van der Waals surface area contributed by atoms with Gasteiger partial charge < -0.3 is 0 Å². The van der Waals surface area contributed by atoms with Gasteiger partial charge in [-0.2, -0.15) is 0 Å². The number of carbonyl (C=O) groups excluding carboxylic acids is 1. The Hall–Kier alpha value is -1.67. The molecule has 3 rings (SSSR count). The van der Waals surface area contributed by atoms with Gasteiger partial charge in [-0.1, -0.05) is 41.9 Å². The van der Waals surface area contributed by atoms with Crippen LogP contribution in [-0.2, 0) is 6.42 Å². The van der Waals surface area contributed by atoms with E-state index >= 15 is 0 Å². The second-order valence-electron chi connectivity index (χ2n) is 5.10. The molecule has 0 saturated carbocycles. The molecule has 0 heterocycles. The van der Waals surface area contributed by atoms with Crippen LogP contribution in [0.15, 0.2) is 42.5 Å². The summed E-state index contributed by atoms with van der Waals surface area (Å²) in [6, 6.07) is 12.3. The fraction of sp³-hybridized carbons (Fsp3) is 0.235. The molecule has 1 unspecified atom stereocenters. The highest BCUT2D eigenvalue weighted by molar-refractivity contribution is 6.34. The summed E-state index contributed by atoms with van der Waals surface area (Å²) in [5, 5.41) is 0.193. The van der Waals surface area contributed by atoms with Crippen molar-refractivity contribution in [3.05, 3.63) is 70.0 Å². The molecule has 102 valence electrons. The van der Waals surface area contributed by atoms with Crippen molar-refractivity contribution in [2.45, 2.75) is 25.2 Å². The van der Waals surface area contributed by atoms with Crippen LogP contribution in [0, 0.1) is 5.82 Å². The molecule has 0 saturated heterocycles. The average Bonchev–Trinajstić information content (AvgIpc) is 2.46. The molecule has 0 N–H and O–H groups in total. The van der Waals surface area contributed by atoms with Crippen molar-refractivity contribution < 1.29 is 9.18 Å². The number of benzene rings is 2. The number of hydrogen-bond donors (Lipinski definition) is 0. The number of halogens is 2. The minimum absolute atomic E-state index is 0.0240. The van der Waals surface area contributed by atoms with E-state index < -0.39 is 5.82 Å². The highest BCUT2D eigenvalue weighted by atomic mass is 35.5. The number of hydrogen-bond acceptors (Lipinski definition) is 1. The van der Waals surface area contributed by atoms with Crippen molar-refractivity contribution in [2.75, 3.05) is 0 Å². The number of fused-ring (bicyclic) bond motifs is 1. The summed E-state index contributed by atoms with van der Waals surface area (Å²) >= 11 is 6.01. The zero-order valence-corrected chi connectivity index (χ0v) is 11.7. The maximum absolute atomic E-state index is 13.9. The lowest BCUT2D eigenvalue weighted by molar-refractivity contribution is 0.0947.